The van der Waals surface area contributed by atoms with E-state index in [4.69, 9.17) is 5.11 Å². The smallest absolute Gasteiger partial charge is 0.239 e. The molecule has 2 N–H and O–H groups in total. The van der Waals surface area contributed by atoms with Gasteiger partial charge in [0, 0.05) is 0 Å². The molecule has 1 rings (SSSR count). The molecule has 1 atom stereocenters. The molecule has 0 saturated carbocycles. The fourth-order valence-electron chi connectivity index (χ4n) is 1.09. The lowest BCUT2D eigenvalue weighted by molar-refractivity contribution is -0.147. The molecule has 2 amide bonds. The molecule has 0 aromatic heterocycles. The number of carbonyl (C=O) groups excluding carboxylic acids is 2. The maximum absolute atomic E-state index is 11.3. The van der Waals surface area contributed by atoms with Crippen LogP contribution in [0.4, 0.5) is 0 Å². The Kier molecular flexibility index (Phi) is 3.52. The van der Waals surface area contributed by atoms with Crippen molar-refractivity contribution >= 4 is 23.6 Å². The Balaban J connectivity index is 2.65. The minimum absolute atomic E-state index is 0.137. The molecule has 0 aliphatic carbocycles. The van der Waals surface area contributed by atoms with Crippen molar-refractivity contribution in [2.75, 3.05) is 24.7 Å². The van der Waals surface area contributed by atoms with E-state index in [0.717, 1.165) is 4.90 Å². The summed E-state index contributed by atoms with van der Waals surface area (Å²) in [5.74, 6) is -0.0968. The molecule has 0 spiro atoms. The van der Waals surface area contributed by atoms with Crippen molar-refractivity contribution in [2.24, 2.45) is 0 Å². The average molecular weight is 219 g/mol. The number of rotatable bonds is 3. The minimum Gasteiger partial charge on any atom is -0.393 e. The molecule has 0 aromatic carbocycles. The highest BCUT2D eigenvalue weighted by atomic mass is 32.2. The predicted molar refractivity (Wildman–Crippen MR) is 51.8 cm³/mol. The number of imide groups is 1. The third kappa shape index (κ3) is 2.70. The Hall–Kier alpha value is -0.590. The summed E-state index contributed by atoms with van der Waals surface area (Å²) in [5, 5.41) is 18.3. The summed E-state index contributed by atoms with van der Waals surface area (Å²) >= 11 is 1.26. The highest BCUT2D eigenvalue weighted by molar-refractivity contribution is 8.00. The second-order valence-corrected chi connectivity index (χ2v) is 4.51. The van der Waals surface area contributed by atoms with E-state index < -0.39 is 12.2 Å². The van der Waals surface area contributed by atoms with E-state index in [2.05, 4.69) is 0 Å². The van der Waals surface area contributed by atoms with Gasteiger partial charge in [-0.3, -0.25) is 14.5 Å². The summed E-state index contributed by atoms with van der Waals surface area (Å²) in [6.07, 6.45) is 0. The van der Waals surface area contributed by atoms with E-state index in [-0.39, 0.29) is 29.9 Å². The summed E-state index contributed by atoms with van der Waals surface area (Å²) in [7, 11) is 0. The van der Waals surface area contributed by atoms with Crippen molar-refractivity contribution in [3.05, 3.63) is 0 Å². The number of hydrogen-bond acceptors (Lipinski definition) is 5. The Bertz CT molecular complexity index is 238. The molecule has 1 fully saturated rings. The lowest BCUT2D eigenvalue weighted by Crippen LogP contribution is -2.51. The van der Waals surface area contributed by atoms with Crippen LogP contribution < -0.4 is 0 Å². The van der Waals surface area contributed by atoms with Crippen LogP contribution in [0.5, 0.6) is 0 Å². The number of carbonyl (C=O) groups is 2. The van der Waals surface area contributed by atoms with Gasteiger partial charge in [0.15, 0.2) is 0 Å². The van der Waals surface area contributed by atoms with E-state index in [0.29, 0.717) is 0 Å². The first-order valence-corrected chi connectivity index (χ1v) is 5.36. The third-order valence-corrected chi connectivity index (χ3v) is 2.79. The van der Waals surface area contributed by atoms with Gasteiger partial charge in [-0.15, -0.1) is 11.8 Å². The molecule has 14 heavy (non-hydrogen) atoms. The second-order valence-electron chi connectivity index (χ2n) is 3.52. The first kappa shape index (κ1) is 11.5. The minimum atomic E-state index is -1.41. The highest BCUT2D eigenvalue weighted by Crippen LogP contribution is 2.15. The van der Waals surface area contributed by atoms with Gasteiger partial charge in [0.2, 0.25) is 11.8 Å². The quantitative estimate of drug-likeness (QED) is 0.585. The van der Waals surface area contributed by atoms with Crippen LogP contribution in [-0.4, -0.2) is 57.2 Å². The summed E-state index contributed by atoms with van der Waals surface area (Å²) < 4.78 is 0. The summed E-state index contributed by atoms with van der Waals surface area (Å²) in [4.78, 5) is 23.6. The van der Waals surface area contributed by atoms with Crippen LogP contribution in [0.25, 0.3) is 0 Å². The maximum Gasteiger partial charge on any atom is 0.239 e. The molecule has 1 unspecified atom stereocenters. The van der Waals surface area contributed by atoms with Crippen LogP contribution in [0.1, 0.15) is 6.92 Å². The number of thioether (sulfide) groups is 1. The van der Waals surface area contributed by atoms with Crippen LogP contribution in [0.15, 0.2) is 0 Å². The highest BCUT2D eigenvalue weighted by Gasteiger charge is 2.32. The number of hydrogen-bond donors (Lipinski definition) is 2. The zero-order chi connectivity index (χ0) is 10.8. The van der Waals surface area contributed by atoms with Crippen LogP contribution >= 0.6 is 11.8 Å². The SMILES string of the molecule is CC(O)(CO)CN1C(=O)CSCC1=O. The lowest BCUT2D eigenvalue weighted by Gasteiger charge is -2.31. The van der Waals surface area contributed by atoms with Crippen molar-refractivity contribution in [1.29, 1.82) is 0 Å². The van der Waals surface area contributed by atoms with Gasteiger partial charge >= 0.3 is 0 Å². The fourth-order valence-corrected chi connectivity index (χ4v) is 1.85. The van der Waals surface area contributed by atoms with Crippen molar-refractivity contribution in [3.8, 4) is 0 Å². The third-order valence-electron chi connectivity index (χ3n) is 1.89. The fraction of sp³-hybridized carbons (Fsp3) is 0.750. The topological polar surface area (TPSA) is 77.8 Å². The summed E-state index contributed by atoms with van der Waals surface area (Å²) in [5.41, 5.74) is -1.41. The van der Waals surface area contributed by atoms with E-state index in [9.17, 15) is 14.7 Å². The maximum atomic E-state index is 11.3. The van der Waals surface area contributed by atoms with Crippen molar-refractivity contribution in [3.63, 3.8) is 0 Å². The normalized spacial score (nSPS) is 22.4. The Morgan fingerprint density at radius 2 is 1.93 bits per heavy atom. The zero-order valence-corrected chi connectivity index (χ0v) is 8.71. The number of amides is 2. The van der Waals surface area contributed by atoms with Gasteiger partial charge in [-0.1, -0.05) is 0 Å². The Morgan fingerprint density at radius 3 is 2.36 bits per heavy atom. The van der Waals surface area contributed by atoms with Gasteiger partial charge in [0.1, 0.15) is 5.60 Å². The largest absolute Gasteiger partial charge is 0.393 e. The molecular formula is C8H13NO4S. The lowest BCUT2D eigenvalue weighted by atomic mass is 10.1. The van der Waals surface area contributed by atoms with Gasteiger partial charge < -0.3 is 10.2 Å². The first-order chi connectivity index (χ1) is 6.46. The second kappa shape index (κ2) is 4.29. The first-order valence-electron chi connectivity index (χ1n) is 4.20. The molecule has 6 heteroatoms. The number of nitrogens with zero attached hydrogens (tertiary/aromatic N) is 1. The summed E-state index contributed by atoms with van der Waals surface area (Å²) in [6.45, 7) is 0.772. The van der Waals surface area contributed by atoms with E-state index >= 15 is 0 Å². The molecule has 0 radical (unpaired) electrons. The molecule has 0 bridgehead atoms. The van der Waals surface area contributed by atoms with E-state index in [1.165, 1.54) is 18.7 Å². The Labute approximate surface area is 86.1 Å². The molecule has 5 nitrogen and oxygen atoms in total. The van der Waals surface area contributed by atoms with Crippen LogP contribution in [0, 0.1) is 0 Å². The van der Waals surface area contributed by atoms with Crippen molar-refractivity contribution in [1.82, 2.24) is 4.90 Å². The zero-order valence-electron chi connectivity index (χ0n) is 7.89. The van der Waals surface area contributed by atoms with E-state index in [1.54, 1.807) is 0 Å². The van der Waals surface area contributed by atoms with Gasteiger partial charge in [-0.05, 0) is 6.92 Å². The van der Waals surface area contributed by atoms with Gasteiger partial charge in [-0.2, -0.15) is 0 Å². The van der Waals surface area contributed by atoms with Gasteiger partial charge in [-0.25, -0.2) is 0 Å². The summed E-state index contributed by atoms with van der Waals surface area (Å²) in [6, 6.07) is 0. The van der Waals surface area contributed by atoms with Crippen LogP contribution in [-0.2, 0) is 9.59 Å². The van der Waals surface area contributed by atoms with Crippen molar-refractivity contribution in [2.45, 2.75) is 12.5 Å². The molecule has 1 heterocycles. The van der Waals surface area contributed by atoms with Gasteiger partial charge in [0.25, 0.3) is 0 Å². The number of aliphatic hydroxyl groups excluding tert-OH is 1. The number of aliphatic hydroxyl groups is 2. The molecule has 1 aliphatic heterocycles. The molecule has 0 aromatic rings. The Morgan fingerprint density at radius 1 is 1.43 bits per heavy atom. The van der Waals surface area contributed by atoms with Crippen molar-refractivity contribution < 1.29 is 19.8 Å². The molecule has 1 saturated heterocycles. The van der Waals surface area contributed by atoms with Gasteiger partial charge in [0.05, 0.1) is 24.7 Å². The monoisotopic (exact) mass is 219 g/mol. The van der Waals surface area contributed by atoms with Crippen LogP contribution in [0.3, 0.4) is 0 Å². The average Bonchev–Trinajstić information content (AvgIpc) is 2.12. The number of β-amino-alcohol motifs (C(OH)–C–C–N with tert-alkyl or cyclic N) is 1. The molecule has 1 aliphatic rings. The van der Waals surface area contributed by atoms with E-state index in [1.807, 2.05) is 0 Å². The predicted octanol–water partition coefficient (Wildman–Crippen LogP) is -1.17. The van der Waals surface area contributed by atoms with Crippen LogP contribution in [0.2, 0.25) is 0 Å². The molecular weight excluding hydrogens is 206 g/mol. The standard InChI is InChI=1S/C8H13NO4S/c1-8(13,5-10)4-9-6(11)2-14-3-7(9)12/h10,13H,2-5H2,1H3. The molecule has 80 valence electrons.